The normalized spacial score (nSPS) is 10.1. The number of anilines is 1. The zero-order valence-electron chi connectivity index (χ0n) is 12.2. The van der Waals surface area contributed by atoms with Gasteiger partial charge in [0.2, 0.25) is 5.91 Å². The molecule has 0 saturated carbocycles. The van der Waals surface area contributed by atoms with Gasteiger partial charge in [0.25, 0.3) is 0 Å². The number of nitrogens with one attached hydrogen (secondary N) is 2. The molecule has 21 heavy (non-hydrogen) atoms. The van der Waals surface area contributed by atoms with E-state index in [-0.39, 0.29) is 5.91 Å². The maximum Gasteiger partial charge on any atom is 0.219 e. The Balaban J connectivity index is 1.76. The highest BCUT2D eigenvalue weighted by atomic mass is 16.1. The first kappa shape index (κ1) is 15.0. The molecule has 2 aromatic heterocycles. The van der Waals surface area contributed by atoms with Gasteiger partial charge in [-0.1, -0.05) is 19.1 Å². The molecule has 0 fully saturated rings. The second-order valence-corrected chi connectivity index (χ2v) is 4.72. The van der Waals surface area contributed by atoms with E-state index in [1.54, 1.807) is 12.4 Å². The molecule has 5 heteroatoms. The SMILES string of the molecule is CCC(=O)NCc1ccc(NCCc2cccnc2)nc1. The fraction of sp³-hybridized carbons (Fsp3) is 0.312. The standard InChI is InChI=1S/C16H20N4O/c1-2-16(21)20-12-14-5-6-15(19-11-14)18-9-7-13-4-3-8-17-10-13/h3-6,8,10-11H,2,7,9,12H2,1H3,(H,18,19)(H,20,21). The van der Waals surface area contributed by atoms with Crippen LogP contribution in [0.5, 0.6) is 0 Å². The fourth-order valence-electron chi connectivity index (χ4n) is 1.84. The van der Waals surface area contributed by atoms with Crippen LogP contribution >= 0.6 is 0 Å². The van der Waals surface area contributed by atoms with E-state index < -0.39 is 0 Å². The van der Waals surface area contributed by atoms with Crippen LogP contribution in [0, 0.1) is 0 Å². The highest BCUT2D eigenvalue weighted by molar-refractivity contribution is 5.75. The van der Waals surface area contributed by atoms with Gasteiger partial charge in [0.1, 0.15) is 5.82 Å². The number of aromatic nitrogens is 2. The molecule has 2 rings (SSSR count). The molecule has 0 radical (unpaired) electrons. The molecule has 0 bridgehead atoms. The Labute approximate surface area is 124 Å². The summed E-state index contributed by atoms with van der Waals surface area (Å²) in [4.78, 5) is 19.6. The third-order valence-electron chi connectivity index (χ3n) is 3.08. The fourth-order valence-corrected chi connectivity index (χ4v) is 1.84. The Morgan fingerprint density at radius 1 is 1.19 bits per heavy atom. The number of amides is 1. The van der Waals surface area contributed by atoms with Gasteiger partial charge in [-0.25, -0.2) is 4.98 Å². The monoisotopic (exact) mass is 284 g/mol. The summed E-state index contributed by atoms with van der Waals surface area (Å²) in [6.07, 6.45) is 6.83. The molecule has 0 saturated heterocycles. The summed E-state index contributed by atoms with van der Waals surface area (Å²) in [6.45, 7) is 3.17. The van der Waals surface area contributed by atoms with Gasteiger partial charge in [0.05, 0.1) is 0 Å². The molecular weight excluding hydrogens is 264 g/mol. The van der Waals surface area contributed by atoms with Gasteiger partial charge in [-0.3, -0.25) is 9.78 Å². The van der Waals surface area contributed by atoms with E-state index in [0.29, 0.717) is 13.0 Å². The van der Waals surface area contributed by atoms with Crippen LogP contribution in [-0.2, 0) is 17.8 Å². The van der Waals surface area contributed by atoms with Crippen molar-refractivity contribution in [1.29, 1.82) is 0 Å². The second kappa shape index (κ2) is 7.99. The third kappa shape index (κ3) is 5.22. The number of carbonyl (C=O) groups excluding carboxylic acids is 1. The molecule has 0 aromatic carbocycles. The predicted octanol–water partition coefficient (Wildman–Crippen LogP) is 2.16. The quantitative estimate of drug-likeness (QED) is 0.817. The lowest BCUT2D eigenvalue weighted by atomic mass is 10.2. The van der Waals surface area contributed by atoms with Crippen LogP contribution in [0.2, 0.25) is 0 Å². The summed E-state index contributed by atoms with van der Waals surface area (Å²) in [5.74, 6) is 0.887. The number of pyridine rings is 2. The van der Waals surface area contributed by atoms with E-state index >= 15 is 0 Å². The van der Waals surface area contributed by atoms with Crippen molar-refractivity contribution in [1.82, 2.24) is 15.3 Å². The highest BCUT2D eigenvalue weighted by Crippen LogP contribution is 2.05. The number of carbonyl (C=O) groups is 1. The third-order valence-corrected chi connectivity index (χ3v) is 3.08. The Kier molecular flexibility index (Phi) is 5.70. The highest BCUT2D eigenvalue weighted by Gasteiger charge is 1.99. The van der Waals surface area contributed by atoms with E-state index in [1.165, 1.54) is 5.56 Å². The molecule has 2 heterocycles. The maximum absolute atomic E-state index is 11.2. The average molecular weight is 284 g/mol. The molecule has 0 aliphatic heterocycles. The molecule has 1 amide bonds. The van der Waals surface area contributed by atoms with Crippen LogP contribution in [-0.4, -0.2) is 22.4 Å². The lowest BCUT2D eigenvalue weighted by Gasteiger charge is -2.07. The van der Waals surface area contributed by atoms with Gasteiger partial charge >= 0.3 is 0 Å². The van der Waals surface area contributed by atoms with E-state index in [9.17, 15) is 4.79 Å². The van der Waals surface area contributed by atoms with Crippen LogP contribution in [0.15, 0.2) is 42.9 Å². The van der Waals surface area contributed by atoms with Crippen molar-refractivity contribution >= 4 is 11.7 Å². The first-order chi connectivity index (χ1) is 10.3. The lowest BCUT2D eigenvalue weighted by molar-refractivity contribution is -0.120. The van der Waals surface area contributed by atoms with Crippen molar-refractivity contribution in [3.63, 3.8) is 0 Å². The summed E-state index contributed by atoms with van der Waals surface area (Å²) < 4.78 is 0. The Morgan fingerprint density at radius 2 is 2.10 bits per heavy atom. The topological polar surface area (TPSA) is 66.9 Å². The molecule has 0 atom stereocenters. The van der Waals surface area contributed by atoms with E-state index in [2.05, 4.69) is 26.7 Å². The van der Waals surface area contributed by atoms with E-state index in [4.69, 9.17) is 0 Å². The molecule has 2 N–H and O–H groups in total. The van der Waals surface area contributed by atoms with Crippen LogP contribution in [0.4, 0.5) is 5.82 Å². The van der Waals surface area contributed by atoms with Crippen LogP contribution in [0.3, 0.4) is 0 Å². The minimum absolute atomic E-state index is 0.0497. The number of hydrogen-bond acceptors (Lipinski definition) is 4. The minimum Gasteiger partial charge on any atom is -0.370 e. The van der Waals surface area contributed by atoms with Crippen LogP contribution in [0.1, 0.15) is 24.5 Å². The van der Waals surface area contributed by atoms with Gasteiger partial charge in [-0.15, -0.1) is 0 Å². The van der Waals surface area contributed by atoms with Crippen molar-refractivity contribution in [2.75, 3.05) is 11.9 Å². The average Bonchev–Trinajstić information content (AvgIpc) is 2.55. The summed E-state index contributed by atoms with van der Waals surface area (Å²) in [5, 5.41) is 6.10. The summed E-state index contributed by atoms with van der Waals surface area (Å²) in [7, 11) is 0. The lowest BCUT2D eigenvalue weighted by Crippen LogP contribution is -2.21. The molecule has 2 aromatic rings. The summed E-state index contributed by atoms with van der Waals surface area (Å²) >= 11 is 0. The largest absolute Gasteiger partial charge is 0.370 e. The maximum atomic E-state index is 11.2. The van der Waals surface area contributed by atoms with Crippen LogP contribution < -0.4 is 10.6 Å². The molecule has 5 nitrogen and oxygen atoms in total. The number of hydrogen-bond donors (Lipinski definition) is 2. The van der Waals surface area contributed by atoms with Gasteiger partial charge in [0.15, 0.2) is 0 Å². The summed E-state index contributed by atoms with van der Waals surface area (Å²) in [6, 6.07) is 7.89. The van der Waals surface area contributed by atoms with Crippen molar-refractivity contribution in [2.24, 2.45) is 0 Å². The number of rotatable bonds is 7. The Morgan fingerprint density at radius 3 is 2.76 bits per heavy atom. The number of nitrogens with zero attached hydrogens (tertiary/aromatic N) is 2. The Hall–Kier alpha value is -2.43. The second-order valence-electron chi connectivity index (χ2n) is 4.72. The minimum atomic E-state index is 0.0497. The van der Waals surface area contributed by atoms with Gasteiger partial charge in [0, 0.05) is 38.1 Å². The summed E-state index contributed by atoms with van der Waals surface area (Å²) in [5.41, 5.74) is 2.19. The van der Waals surface area contributed by atoms with Crippen molar-refractivity contribution in [2.45, 2.75) is 26.3 Å². The van der Waals surface area contributed by atoms with E-state index in [0.717, 1.165) is 24.3 Å². The molecule has 0 aliphatic rings. The predicted molar refractivity (Wildman–Crippen MR) is 82.8 cm³/mol. The van der Waals surface area contributed by atoms with Crippen molar-refractivity contribution in [3.8, 4) is 0 Å². The molecule has 0 unspecified atom stereocenters. The smallest absolute Gasteiger partial charge is 0.219 e. The van der Waals surface area contributed by atoms with Crippen molar-refractivity contribution < 1.29 is 4.79 Å². The van der Waals surface area contributed by atoms with Gasteiger partial charge in [-0.05, 0) is 29.7 Å². The van der Waals surface area contributed by atoms with E-state index in [1.807, 2.05) is 31.3 Å². The van der Waals surface area contributed by atoms with Gasteiger partial charge < -0.3 is 10.6 Å². The Bertz CT molecular complexity index is 554. The van der Waals surface area contributed by atoms with Gasteiger partial charge in [-0.2, -0.15) is 0 Å². The van der Waals surface area contributed by atoms with Crippen molar-refractivity contribution in [3.05, 3.63) is 54.0 Å². The zero-order valence-corrected chi connectivity index (χ0v) is 12.2. The van der Waals surface area contributed by atoms with Crippen LogP contribution in [0.25, 0.3) is 0 Å². The molecule has 0 aliphatic carbocycles. The first-order valence-corrected chi connectivity index (χ1v) is 7.12. The molecule has 110 valence electrons. The molecule has 0 spiro atoms. The first-order valence-electron chi connectivity index (χ1n) is 7.12. The molecular formula is C16H20N4O. The zero-order chi connectivity index (χ0) is 14.9.